The topological polar surface area (TPSA) is 58.6 Å². The van der Waals surface area contributed by atoms with Crippen LogP contribution in [-0.2, 0) is 27.3 Å². The molecule has 0 aromatic heterocycles. The van der Waals surface area contributed by atoms with Gasteiger partial charge in [0.15, 0.2) is 0 Å². The van der Waals surface area contributed by atoms with Gasteiger partial charge in [-0.25, -0.2) is 0 Å². The van der Waals surface area contributed by atoms with E-state index < -0.39 is 6.04 Å². The maximum absolute atomic E-state index is 12.7. The zero-order valence-corrected chi connectivity index (χ0v) is 15.2. The number of aryl methyl sites for hydroxylation is 2. The van der Waals surface area contributed by atoms with E-state index in [1.807, 2.05) is 55.5 Å². The second-order valence-corrected chi connectivity index (χ2v) is 6.58. The van der Waals surface area contributed by atoms with Crippen LogP contribution in [0.2, 0.25) is 0 Å². The number of morpholine rings is 1. The molecular formula is C21H24N2O3. The Hall–Kier alpha value is -2.66. The Morgan fingerprint density at radius 2 is 1.77 bits per heavy atom. The van der Waals surface area contributed by atoms with Crippen molar-refractivity contribution in [2.45, 2.75) is 32.9 Å². The maximum Gasteiger partial charge on any atom is 0.249 e. The SMILES string of the molecule is CCc1ccc(NC(=O)[C@@H]2COCC(=O)N2Cc2ccc(C)cc2)cc1. The van der Waals surface area contributed by atoms with Crippen molar-refractivity contribution in [2.75, 3.05) is 18.5 Å². The molecule has 0 aliphatic carbocycles. The Morgan fingerprint density at radius 3 is 2.42 bits per heavy atom. The molecule has 0 saturated carbocycles. The summed E-state index contributed by atoms with van der Waals surface area (Å²) in [4.78, 5) is 26.7. The van der Waals surface area contributed by atoms with Crippen molar-refractivity contribution in [1.82, 2.24) is 4.90 Å². The van der Waals surface area contributed by atoms with Crippen molar-refractivity contribution in [3.8, 4) is 0 Å². The Morgan fingerprint density at radius 1 is 1.12 bits per heavy atom. The molecule has 1 aliphatic heterocycles. The van der Waals surface area contributed by atoms with E-state index in [1.54, 1.807) is 4.90 Å². The summed E-state index contributed by atoms with van der Waals surface area (Å²) in [5, 5.41) is 2.90. The van der Waals surface area contributed by atoms with Gasteiger partial charge in [-0.2, -0.15) is 0 Å². The molecule has 2 aromatic rings. The quantitative estimate of drug-likeness (QED) is 0.900. The number of anilines is 1. The molecule has 5 nitrogen and oxygen atoms in total. The fourth-order valence-corrected chi connectivity index (χ4v) is 2.96. The van der Waals surface area contributed by atoms with Gasteiger partial charge in [0, 0.05) is 12.2 Å². The lowest BCUT2D eigenvalue weighted by Gasteiger charge is -2.34. The van der Waals surface area contributed by atoms with Crippen molar-refractivity contribution in [2.24, 2.45) is 0 Å². The van der Waals surface area contributed by atoms with E-state index >= 15 is 0 Å². The summed E-state index contributed by atoms with van der Waals surface area (Å²) in [5.41, 5.74) is 4.09. The first-order valence-electron chi connectivity index (χ1n) is 8.89. The maximum atomic E-state index is 12.7. The molecule has 136 valence electrons. The summed E-state index contributed by atoms with van der Waals surface area (Å²) < 4.78 is 5.32. The molecule has 1 N–H and O–H groups in total. The smallest absolute Gasteiger partial charge is 0.249 e. The molecular weight excluding hydrogens is 328 g/mol. The molecule has 0 spiro atoms. The fourth-order valence-electron chi connectivity index (χ4n) is 2.96. The summed E-state index contributed by atoms with van der Waals surface area (Å²) in [6.07, 6.45) is 0.948. The van der Waals surface area contributed by atoms with Crippen LogP contribution in [0.25, 0.3) is 0 Å². The van der Waals surface area contributed by atoms with Gasteiger partial charge >= 0.3 is 0 Å². The molecule has 0 radical (unpaired) electrons. The summed E-state index contributed by atoms with van der Waals surface area (Å²) in [6, 6.07) is 15.1. The van der Waals surface area contributed by atoms with Gasteiger partial charge in [0.1, 0.15) is 12.6 Å². The van der Waals surface area contributed by atoms with Crippen LogP contribution >= 0.6 is 0 Å². The summed E-state index contributed by atoms with van der Waals surface area (Å²) >= 11 is 0. The Bertz CT molecular complexity index is 769. The molecule has 1 saturated heterocycles. The van der Waals surface area contributed by atoms with Gasteiger partial charge in [-0.1, -0.05) is 48.9 Å². The lowest BCUT2D eigenvalue weighted by Crippen LogP contribution is -2.54. The van der Waals surface area contributed by atoms with E-state index in [-0.39, 0.29) is 25.0 Å². The number of carbonyl (C=O) groups is 2. The van der Waals surface area contributed by atoms with Crippen LogP contribution < -0.4 is 5.32 Å². The molecule has 5 heteroatoms. The number of amides is 2. The number of rotatable bonds is 5. The number of hydrogen-bond donors (Lipinski definition) is 1. The monoisotopic (exact) mass is 352 g/mol. The molecule has 26 heavy (non-hydrogen) atoms. The minimum Gasteiger partial charge on any atom is -0.369 e. The predicted octanol–water partition coefficient (Wildman–Crippen LogP) is 2.92. The highest BCUT2D eigenvalue weighted by Crippen LogP contribution is 2.17. The largest absolute Gasteiger partial charge is 0.369 e. The van der Waals surface area contributed by atoms with Gasteiger partial charge in [-0.05, 0) is 36.6 Å². The van der Waals surface area contributed by atoms with Crippen LogP contribution in [0.3, 0.4) is 0 Å². The van der Waals surface area contributed by atoms with Gasteiger partial charge in [0.05, 0.1) is 6.61 Å². The number of nitrogens with zero attached hydrogens (tertiary/aromatic N) is 1. The zero-order chi connectivity index (χ0) is 18.5. The molecule has 3 rings (SSSR count). The van der Waals surface area contributed by atoms with E-state index in [4.69, 9.17) is 4.74 Å². The summed E-state index contributed by atoms with van der Waals surface area (Å²) in [6.45, 7) is 4.72. The summed E-state index contributed by atoms with van der Waals surface area (Å²) in [5.74, 6) is -0.396. The highest BCUT2D eigenvalue weighted by molar-refractivity contribution is 5.97. The fraction of sp³-hybridized carbons (Fsp3) is 0.333. The third-order valence-electron chi connectivity index (χ3n) is 4.60. The average Bonchev–Trinajstić information content (AvgIpc) is 2.65. The van der Waals surface area contributed by atoms with E-state index in [0.717, 1.165) is 23.2 Å². The molecule has 1 fully saturated rings. The third-order valence-corrected chi connectivity index (χ3v) is 4.60. The van der Waals surface area contributed by atoms with Crippen molar-refractivity contribution in [1.29, 1.82) is 0 Å². The van der Waals surface area contributed by atoms with Gasteiger partial charge in [-0.15, -0.1) is 0 Å². The molecule has 2 aromatic carbocycles. The first-order valence-corrected chi connectivity index (χ1v) is 8.89. The third kappa shape index (κ3) is 4.29. The van der Waals surface area contributed by atoms with E-state index in [0.29, 0.717) is 6.54 Å². The number of ether oxygens (including phenoxy) is 1. The second-order valence-electron chi connectivity index (χ2n) is 6.58. The molecule has 0 unspecified atom stereocenters. The van der Waals surface area contributed by atoms with Crippen LogP contribution in [0, 0.1) is 6.92 Å². The second kappa shape index (κ2) is 8.15. The van der Waals surface area contributed by atoms with E-state index in [2.05, 4.69) is 12.2 Å². The van der Waals surface area contributed by atoms with E-state index in [9.17, 15) is 9.59 Å². The van der Waals surface area contributed by atoms with Crippen LogP contribution in [0.5, 0.6) is 0 Å². The predicted molar refractivity (Wildman–Crippen MR) is 101 cm³/mol. The number of nitrogens with one attached hydrogen (secondary N) is 1. The molecule has 2 amide bonds. The van der Waals surface area contributed by atoms with Crippen molar-refractivity contribution in [3.05, 3.63) is 65.2 Å². The number of benzene rings is 2. The van der Waals surface area contributed by atoms with E-state index in [1.165, 1.54) is 5.56 Å². The highest BCUT2D eigenvalue weighted by Gasteiger charge is 2.34. The highest BCUT2D eigenvalue weighted by atomic mass is 16.5. The van der Waals surface area contributed by atoms with Gasteiger partial charge in [-0.3, -0.25) is 9.59 Å². The standard InChI is InChI=1S/C21H24N2O3/c1-3-16-8-10-18(11-9-16)22-21(25)19-13-26-14-20(24)23(19)12-17-6-4-15(2)5-7-17/h4-11,19H,3,12-14H2,1-2H3,(H,22,25)/t19-/m0/s1. The zero-order valence-electron chi connectivity index (χ0n) is 15.2. The van der Waals surface area contributed by atoms with Crippen LogP contribution in [-0.4, -0.2) is 36.0 Å². The molecule has 0 bridgehead atoms. The molecule has 1 heterocycles. The van der Waals surface area contributed by atoms with Crippen LogP contribution in [0.15, 0.2) is 48.5 Å². The van der Waals surface area contributed by atoms with Gasteiger partial charge in [0.25, 0.3) is 0 Å². The Kier molecular flexibility index (Phi) is 5.68. The number of hydrogen-bond acceptors (Lipinski definition) is 3. The first-order chi connectivity index (χ1) is 12.6. The van der Waals surface area contributed by atoms with Crippen molar-refractivity contribution in [3.63, 3.8) is 0 Å². The average molecular weight is 352 g/mol. The minimum atomic E-state index is -0.636. The Labute approximate surface area is 154 Å². The molecule has 1 atom stereocenters. The van der Waals surface area contributed by atoms with Gasteiger partial charge < -0.3 is 15.0 Å². The van der Waals surface area contributed by atoms with Crippen molar-refractivity contribution >= 4 is 17.5 Å². The van der Waals surface area contributed by atoms with Crippen LogP contribution in [0.1, 0.15) is 23.6 Å². The molecule has 1 aliphatic rings. The lowest BCUT2D eigenvalue weighted by molar-refractivity contribution is -0.154. The summed E-state index contributed by atoms with van der Waals surface area (Å²) in [7, 11) is 0. The Balaban J connectivity index is 1.72. The lowest BCUT2D eigenvalue weighted by atomic mass is 10.1. The minimum absolute atomic E-state index is 0.0147. The van der Waals surface area contributed by atoms with Crippen LogP contribution in [0.4, 0.5) is 5.69 Å². The number of carbonyl (C=O) groups excluding carboxylic acids is 2. The van der Waals surface area contributed by atoms with Gasteiger partial charge in [0.2, 0.25) is 11.8 Å². The van der Waals surface area contributed by atoms with Crippen molar-refractivity contribution < 1.29 is 14.3 Å². The first kappa shape index (κ1) is 18.1. The normalized spacial score (nSPS) is 17.2.